The van der Waals surface area contributed by atoms with Crippen molar-refractivity contribution >= 4 is 34.6 Å². The van der Waals surface area contributed by atoms with Crippen molar-refractivity contribution in [2.75, 3.05) is 5.32 Å². The van der Waals surface area contributed by atoms with Crippen LogP contribution in [0.3, 0.4) is 0 Å². The van der Waals surface area contributed by atoms with Gasteiger partial charge < -0.3 is 5.32 Å². The summed E-state index contributed by atoms with van der Waals surface area (Å²) in [6.45, 7) is 0. The summed E-state index contributed by atoms with van der Waals surface area (Å²) in [7, 11) is 0. The number of anilines is 2. The Labute approximate surface area is 107 Å². The number of nitrogens with one attached hydrogen (secondary N) is 1. The Bertz CT molecular complexity index is 544. The van der Waals surface area contributed by atoms with E-state index in [0.29, 0.717) is 5.69 Å². The molecule has 0 atom stereocenters. The van der Waals surface area contributed by atoms with Crippen LogP contribution in [0, 0.1) is 11.6 Å². The third-order valence-electron chi connectivity index (χ3n) is 2.16. The lowest BCUT2D eigenvalue weighted by Gasteiger charge is -2.09. The van der Waals surface area contributed by atoms with Crippen molar-refractivity contribution in [2.24, 2.45) is 0 Å². The molecular formula is C12H7Cl2F2N. The highest BCUT2D eigenvalue weighted by molar-refractivity contribution is 6.35. The zero-order valence-electron chi connectivity index (χ0n) is 8.48. The summed E-state index contributed by atoms with van der Waals surface area (Å²) in [5.74, 6) is -1.82. The van der Waals surface area contributed by atoms with E-state index in [1.54, 1.807) is 24.3 Å². The molecule has 0 bridgehead atoms. The van der Waals surface area contributed by atoms with Crippen molar-refractivity contribution in [3.63, 3.8) is 0 Å². The Morgan fingerprint density at radius 1 is 0.941 bits per heavy atom. The monoisotopic (exact) mass is 273 g/mol. The molecule has 0 aliphatic rings. The Morgan fingerprint density at radius 3 is 2.24 bits per heavy atom. The summed E-state index contributed by atoms with van der Waals surface area (Å²) in [5, 5.41) is 1.93. The maximum atomic E-state index is 13.6. The molecule has 2 aromatic rings. The zero-order valence-corrected chi connectivity index (χ0v) is 9.99. The van der Waals surface area contributed by atoms with Crippen LogP contribution in [-0.4, -0.2) is 0 Å². The topological polar surface area (TPSA) is 12.0 Å². The largest absolute Gasteiger partial charge is 0.353 e. The number of halogens is 4. The first kappa shape index (κ1) is 12.1. The lowest BCUT2D eigenvalue weighted by Crippen LogP contribution is -1.96. The van der Waals surface area contributed by atoms with Crippen molar-refractivity contribution < 1.29 is 8.78 Å². The summed E-state index contributed by atoms with van der Waals surface area (Å²) < 4.78 is 26.8. The smallest absolute Gasteiger partial charge is 0.168 e. The summed E-state index contributed by atoms with van der Waals surface area (Å²) in [6.07, 6.45) is 0. The number of rotatable bonds is 2. The molecule has 0 saturated heterocycles. The highest BCUT2D eigenvalue weighted by atomic mass is 35.5. The van der Waals surface area contributed by atoms with E-state index in [4.69, 9.17) is 23.2 Å². The quantitative estimate of drug-likeness (QED) is 0.599. The fraction of sp³-hybridized carbons (Fsp3) is 0. The summed E-state index contributed by atoms with van der Waals surface area (Å²) >= 11 is 11.1. The minimum Gasteiger partial charge on any atom is -0.353 e. The zero-order chi connectivity index (χ0) is 12.4. The van der Waals surface area contributed by atoms with Gasteiger partial charge in [-0.15, -0.1) is 0 Å². The average molecular weight is 274 g/mol. The fourth-order valence-corrected chi connectivity index (χ4v) is 1.80. The van der Waals surface area contributed by atoms with Gasteiger partial charge in [-0.05, 0) is 18.2 Å². The first-order chi connectivity index (χ1) is 8.09. The summed E-state index contributed by atoms with van der Waals surface area (Å²) in [6, 6.07) is 10.0. The minimum atomic E-state index is -0.954. The standard InChI is InChI=1S/C12H7Cl2F2N/c13-8-6-9(12(16)10(14)11(8)15)17-7-4-2-1-3-5-7/h1-6,17H. The molecule has 0 radical (unpaired) electrons. The molecule has 5 heteroatoms. The van der Waals surface area contributed by atoms with Gasteiger partial charge in [0.15, 0.2) is 11.6 Å². The van der Waals surface area contributed by atoms with E-state index in [9.17, 15) is 8.78 Å². The van der Waals surface area contributed by atoms with Gasteiger partial charge in [0, 0.05) is 5.69 Å². The van der Waals surface area contributed by atoms with Crippen LogP contribution in [0.1, 0.15) is 0 Å². The molecule has 0 amide bonds. The molecule has 0 heterocycles. The number of hydrogen-bond donors (Lipinski definition) is 1. The van der Waals surface area contributed by atoms with Gasteiger partial charge >= 0.3 is 0 Å². The van der Waals surface area contributed by atoms with E-state index in [0.717, 1.165) is 6.07 Å². The van der Waals surface area contributed by atoms with Gasteiger partial charge in [0.2, 0.25) is 0 Å². The minimum absolute atomic E-state index is 0.0348. The lowest BCUT2D eigenvalue weighted by molar-refractivity contribution is 0.587. The van der Waals surface area contributed by atoms with Gasteiger partial charge in [0.1, 0.15) is 5.02 Å². The van der Waals surface area contributed by atoms with Crippen LogP contribution in [-0.2, 0) is 0 Å². The third-order valence-corrected chi connectivity index (χ3v) is 2.76. The molecule has 17 heavy (non-hydrogen) atoms. The van der Waals surface area contributed by atoms with Crippen LogP contribution >= 0.6 is 23.2 Å². The van der Waals surface area contributed by atoms with E-state index in [1.165, 1.54) is 0 Å². The van der Waals surface area contributed by atoms with Gasteiger partial charge in [-0.2, -0.15) is 0 Å². The van der Waals surface area contributed by atoms with Crippen molar-refractivity contribution in [3.05, 3.63) is 58.1 Å². The summed E-state index contributed by atoms with van der Waals surface area (Å²) in [5.41, 5.74) is 0.692. The molecule has 0 fully saturated rings. The Morgan fingerprint density at radius 2 is 1.59 bits per heavy atom. The third kappa shape index (κ3) is 2.51. The molecule has 0 aliphatic heterocycles. The molecule has 2 rings (SSSR count). The maximum absolute atomic E-state index is 13.6. The van der Waals surface area contributed by atoms with E-state index < -0.39 is 16.7 Å². The predicted octanol–water partition coefficient (Wildman–Crippen LogP) is 5.02. The van der Waals surface area contributed by atoms with Crippen molar-refractivity contribution in [2.45, 2.75) is 0 Å². The second-order valence-electron chi connectivity index (χ2n) is 3.34. The maximum Gasteiger partial charge on any atom is 0.168 e. The predicted molar refractivity (Wildman–Crippen MR) is 66.1 cm³/mol. The molecule has 88 valence electrons. The Kier molecular flexibility index (Phi) is 3.50. The Hall–Kier alpha value is -1.32. The van der Waals surface area contributed by atoms with Gasteiger partial charge in [-0.1, -0.05) is 41.4 Å². The van der Waals surface area contributed by atoms with Crippen molar-refractivity contribution in [1.82, 2.24) is 0 Å². The number of para-hydroxylation sites is 1. The molecule has 0 aliphatic carbocycles. The van der Waals surface area contributed by atoms with Crippen LogP contribution in [0.5, 0.6) is 0 Å². The molecule has 2 aromatic carbocycles. The number of hydrogen-bond acceptors (Lipinski definition) is 1. The molecule has 0 saturated carbocycles. The van der Waals surface area contributed by atoms with Crippen LogP contribution in [0.15, 0.2) is 36.4 Å². The Balaban J connectivity index is 2.41. The molecule has 1 nitrogen and oxygen atoms in total. The highest BCUT2D eigenvalue weighted by Crippen LogP contribution is 2.32. The highest BCUT2D eigenvalue weighted by Gasteiger charge is 2.15. The molecular weight excluding hydrogens is 267 g/mol. The fourth-order valence-electron chi connectivity index (χ4n) is 1.34. The normalized spacial score (nSPS) is 10.4. The van der Waals surface area contributed by atoms with Gasteiger partial charge in [0.05, 0.1) is 10.7 Å². The van der Waals surface area contributed by atoms with Crippen LogP contribution in [0.4, 0.5) is 20.2 Å². The van der Waals surface area contributed by atoms with Gasteiger partial charge in [-0.3, -0.25) is 0 Å². The average Bonchev–Trinajstić information content (AvgIpc) is 2.35. The van der Waals surface area contributed by atoms with Crippen LogP contribution in [0.2, 0.25) is 10.0 Å². The van der Waals surface area contributed by atoms with Crippen LogP contribution < -0.4 is 5.32 Å². The van der Waals surface area contributed by atoms with E-state index in [1.807, 2.05) is 6.07 Å². The first-order valence-electron chi connectivity index (χ1n) is 4.74. The summed E-state index contributed by atoms with van der Waals surface area (Å²) in [4.78, 5) is 0. The van der Waals surface area contributed by atoms with E-state index in [-0.39, 0.29) is 10.7 Å². The number of benzene rings is 2. The second-order valence-corrected chi connectivity index (χ2v) is 4.12. The first-order valence-corrected chi connectivity index (χ1v) is 5.50. The molecule has 0 spiro atoms. The van der Waals surface area contributed by atoms with Crippen LogP contribution in [0.25, 0.3) is 0 Å². The molecule has 1 N–H and O–H groups in total. The van der Waals surface area contributed by atoms with E-state index >= 15 is 0 Å². The second kappa shape index (κ2) is 4.90. The van der Waals surface area contributed by atoms with E-state index in [2.05, 4.69) is 5.32 Å². The SMILES string of the molecule is Fc1c(Cl)cc(Nc2ccccc2)c(F)c1Cl. The van der Waals surface area contributed by atoms with Crippen molar-refractivity contribution in [1.29, 1.82) is 0 Å². The molecule has 0 aromatic heterocycles. The van der Waals surface area contributed by atoms with Crippen molar-refractivity contribution in [3.8, 4) is 0 Å². The van der Waals surface area contributed by atoms with Gasteiger partial charge in [0.25, 0.3) is 0 Å². The molecule has 0 unspecified atom stereocenters. The van der Waals surface area contributed by atoms with Gasteiger partial charge in [-0.25, -0.2) is 8.78 Å². The lowest BCUT2D eigenvalue weighted by atomic mass is 10.2.